The summed E-state index contributed by atoms with van der Waals surface area (Å²) in [4.78, 5) is 61.3. The van der Waals surface area contributed by atoms with Gasteiger partial charge in [-0.25, -0.2) is 13.2 Å². The maximum atomic E-state index is 12.7. The van der Waals surface area contributed by atoms with Crippen LogP contribution in [0.4, 0.5) is 4.79 Å². The first-order valence-electron chi connectivity index (χ1n) is 12.0. The summed E-state index contributed by atoms with van der Waals surface area (Å²) in [5.74, 6) is -3.88. The molecule has 0 saturated heterocycles. The molecule has 4 unspecified atom stereocenters. The molecule has 4 atom stereocenters. The molecule has 0 bridgehead atoms. The number of carboxylic acid groups (broad SMARTS) is 1. The number of rotatable bonds is 16. The number of sulfone groups is 1. The number of carbonyl (C=O) groups excluding carboxylic acids is 4. The van der Waals surface area contributed by atoms with Gasteiger partial charge < -0.3 is 35.8 Å². The summed E-state index contributed by atoms with van der Waals surface area (Å²) in [5.41, 5.74) is 0.730. The van der Waals surface area contributed by atoms with Crippen molar-refractivity contribution in [3.8, 4) is 0 Å². The number of carboxylic acids is 1. The molecule has 4 amide bonds. The Bertz CT molecular complexity index is 1260. The normalized spacial score (nSPS) is 14.2. The SMILES string of the molecule is C=CC(NC(=O)OCc1ccccc1)C(=O)NC(C)C(=O)NC(C=C)C(=O)NC(C=C(OC)S(C)(=O)=O)CC(=O)O. The molecule has 0 fully saturated rings. The van der Waals surface area contributed by atoms with Crippen molar-refractivity contribution in [1.82, 2.24) is 21.3 Å². The van der Waals surface area contributed by atoms with E-state index in [9.17, 15) is 32.4 Å². The van der Waals surface area contributed by atoms with Gasteiger partial charge in [-0.2, -0.15) is 0 Å². The van der Waals surface area contributed by atoms with Gasteiger partial charge in [-0.3, -0.25) is 19.2 Å². The van der Waals surface area contributed by atoms with Crippen molar-refractivity contribution >= 4 is 39.6 Å². The van der Waals surface area contributed by atoms with Crippen molar-refractivity contribution in [2.24, 2.45) is 0 Å². The van der Waals surface area contributed by atoms with Crippen LogP contribution in [0.25, 0.3) is 0 Å². The number of hydrogen-bond acceptors (Lipinski definition) is 9. The van der Waals surface area contributed by atoms with Crippen molar-refractivity contribution in [3.05, 3.63) is 72.4 Å². The molecule has 1 aromatic rings. The molecule has 0 aromatic heterocycles. The van der Waals surface area contributed by atoms with Crippen LogP contribution in [0.2, 0.25) is 0 Å². The fraction of sp³-hybridized carbons (Fsp3) is 0.346. The molecule has 41 heavy (non-hydrogen) atoms. The minimum atomic E-state index is -3.86. The average Bonchev–Trinajstić information content (AvgIpc) is 2.91. The van der Waals surface area contributed by atoms with Crippen LogP contribution < -0.4 is 21.3 Å². The number of ether oxygens (including phenoxy) is 2. The van der Waals surface area contributed by atoms with E-state index in [1.165, 1.54) is 6.92 Å². The molecule has 0 spiro atoms. The molecule has 5 N–H and O–H groups in total. The van der Waals surface area contributed by atoms with Gasteiger partial charge in [0.15, 0.2) is 0 Å². The number of hydrogen-bond donors (Lipinski definition) is 5. The van der Waals surface area contributed by atoms with Crippen LogP contribution in [-0.4, -0.2) is 80.8 Å². The topological polar surface area (TPSA) is 206 Å². The van der Waals surface area contributed by atoms with Crippen LogP contribution in [0.1, 0.15) is 18.9 Å². The lowest BCUT2D eigenvalue weighted by Gasteiger charge is -2.22. The van der Waals surface area contributed by atoms with Crippen LogP contribution in [0.5, 0.6) is 0 Å². The maximum Gasteiger partial charge on any atom is 0.408 e. The van der Waals surface area contributed by atoms with Gasteiger partial charge in [-0.15, -0.1) is 13.2 Å². The summed E-state index contributed by atoms with van der Waals surface area (Å²) in [6, 6.07) is 3.67. The second kappa shape index (κ2) is 16.4. The van der Waals surface area contributed by atoms with Gasteiger partial charge in [0.2, 0.25) is 32.6 Å². The second-order valence-electron chi connectivity index (χ2n) is 8.55. The molecule has 0 saturated carbocycles. The fourth-order valence-corrected chi connectivity index (χ4v) is 3.84. The minimum absolute atomic E-state index is 0.0356. The lowest BCUT2D eigenvalue weighted by atomic mass is 10.1. The first-order chi connectivity index (χ1) is 19.2. The third kappa shape index (κ3) is 12.4. The molecular weight excluding hydrogens is 560 g/mol. The van der Waals surface area contributed by atoms with Gasteiger partial charge in [0.25, 0.3) is 0 Å². The van der Waals surface area contributed by atoms with E-state index in [1.54, 1.807) is 30.3 Å². The lowest BCUT2D eigenvalue weighted by Crippen LogP contribution is -2.55. The third-order valence-corrected chi connectivity index (χ3v) is 6.23. The number of nitrogens with one attached hydrogen (secondary N) is 4. The molecule has 0 radical (unpaired) electrons. The van der Waals surface area contributed by atoms with Crippen LogP contribution in [0.3, 0.4) is 0 Å². The summed E-state index contributed by atoms with van der Waals surface area (Å²) >= 11 is 0. The zero-order valence-corrected chi connectivity index (χ0v) is 23.6. The third-order valence-electron chi connectivity index (χ3n) is 5.20. The Labute approximate surface area is 237 Å². The first-order valence-corrected chi connectivity index (χ1v) is 13.9. The fourth-order valence-electron chi connectivity index (χ4n) is 3.12. The zero-order valence-electron chi connectivity index (χ0n) is 22.8. The number of benzene rings is 1. The first kappa shape index (κ1) is 34.4. The number of aliphatic carboxylic acids is 1. The molecule has 15 heteroatoms. The van der Waals surface area contributed by atoms with E-state index < -0.39 is 75.3 Å². The molecular formula is C26H34N4O10S. The Morgan fingerprint density at radius 1 is 0.927 bits per heavy atom. The Morgan fingerprint density at radius 2 is 1.49 bits per heavy atom. The molecule has 0 aliphatic rings. The summed E-state index contributed by atoms with van der Waals surface area (Å²) in [5, 5.41) is 17.9. The van der Waals surface area contributed by atoms with Crippen LogP contribution in [0.15, 0.2) is 66.8 Å². The van der Waals surface area contributed by atoms with Crippen LogP contribution in [-0.2, 0) is 45.1 Å². The highest BCUT2D eigenvalue weighted by atomic mass is 32.2. The van der Waals surface area contributed by atoms with Gasteiger partial charge in [0, 0.05) is 6.26 Å². The van der Waals surface area contributed by atoms with Crippen molar-refractivity contribution in [2.45, 2.75) is 44.1 Å². The van der Waals surface area contributed by atoms with E-state index in [4.69, 9.17) is 14.6 Å². The number of carbonyl (C=O) groups is 5. The van der Waals surface area contributed by atoms with E-state index >= 15 is 0 Å². The zero-order chi connectivity index (χ0) is 31.2. The molecule has 0 aliphatic carbocycles. The highest BCUT2D eigenvalue weighted by Gasteiger charge is 2.27. The van der Waals surface area contributed by atoms with E-state index in [-0.39, 0.29) is 6.61 Å². The van der Waals surface area contributed by atoms with Gasteiger partial charge in [-0.1, -0.05) is 42.5 Å². The van der Waals surface area contributed by atoms with Gasteiger partial charge in [-0.05, 0) is 18.6 Å². The largest absolute Gasteiger partial charge is 0.487 e. The molecule has 0 aliphatic heterocycles. The molecule has 224 valence electrons. The summed E-state index contributed by atoms with van der Waals surface area (Å²) < 4.78 is 33.4. The Kier molecular flexibility index (Phi) is 13.8. The minimum Gasteiger partial charge on any atom is -0.487 e. The molecule has 14 nitrogen and oxygen atoms in total. The molecule has 0 heterocycles. The van der Waals surface area contributed by atoms with Crippen molar-refractivity contribution < 1.29 is 47.0 Å². The monoisotopic (exact) mass is 594 g/mol. The lowest BCUT2D eigenvalue weighted by molar-refractivity contribution is -0.137. The number of methoxy groups -OCH3 is 1. The van der Waals surface area contributed by atoms with Gasteiger partial charge in [0.05, 0.1) is 19.6 Å². The maximum absolute atomic E-state index is 12.7. The van der Waals surface area contributed by atoms with Crippen LogP contribution >= 0.6 is 0 Å². The number of alkyl carbamates (subject to hydrolysis) is 1. The quantitative estimate of drug-likeness (QED) is 0.129. The smallest absolute Gasteiger partial charge is 0.408 e. The summed E-state index contributed by atoms with van der Waals surface area (Å²) in [7, 11) is -2.79. The number of amides is 4. The summed E-state index contributed by atoms with van der Waals surface area (Å²) in [6.45, 7) is 8.23. The Morgan fingerprint density at radius 3 is 2.00 bits per heavy atom. The van der Waals surface area contributed by atoms with E-state index in [1.807, 2.05) is 0 Å². The second-order valence-corrected chi connectivity index (χ2v) is 10.5. The molecule has 1 rings (SSSR count). The Balaban J connectivity index is 2.79. The van der Waals surface area contributed by atoms with Crippen molar-refractivity contribution in [2.75, 3.05) is 13.4 Å². The summed E-state index contributed by atoms with van der Waals surface area (Å²) in [6.07, 6.45) is 2.34. The highest BCUT2D eigenvalue weighted by Crippen LogP contribution is 2.09. The van der Waals surface area contributed by atoms with Crippen LogP contribution in [0, 0.1) is 0 Å². The average molecular weight is 595 g/mol. The highest BCUT2D eigenvalue weighted by molar-refractivity contribution is 7.94. The predicted octanol–water partition coefficient (Wildman–Crippen LogP) is 0.135. The van der Waals surface area contributed by atoms with E-state index in [0.29, 0.717) is 0 Å². The van der Waals surface area contributed by atoms with Crippen molar-refractivity contribution in [1.29, 1.82) is 0 Å². The molecule has 1 aromatic carbocycles. The Hall–Kier alpha value is -4.66. The van der Waals surface area contributed by atoms with Gasteiger partial charge >= 0.3 is 12.1 Å². The van der Waals surface area contributed by atoms with E-state index in [2.05, 4.69) is 34.4 Å². The van der Waals surface area contributed by atoms with Gasteiger partial charge in [0.1, 0.15) is 24.7 Å². The van der Waals surface area contributed by atoms with E-state index in [0.717, 1.165) is 37.2 Å². The standard InChI is InChI=1S/C26H34N4O10S/c1-6-19(25(35)28-18(13-21(31)32)14-22(39-4)41(5,37)38)29-23(33)16(3)27-24(34)20(7-2)30-26(36)40-15-17-11-9-8-10-12-17/h6-12,14,16,18-20H,1-2,13,15H2,3-5H3,(H,27,34)(H,28,35)(H,29,33)(H,30,36)(H,31,32). The predicted molar refractivity (Wildman–Crippen MR) is 148 cm³/mol. The van der Waals surface area contributed by atoms with Crippen molar-refractivity contribution in [3.63, 3.8) is 0 Å².